The van der Waals surface area contributed by atoms with E-state index in [2.05, 4.69) is 0 Å². The minimum atomic E-state index is -0.558. The van der Waals surface area contributed by atoms with Crippen LogP contribution in [-0.4, -0.2) is 11.7 Å². The summed E-state index contributed by atoms with van der Waals surface area (Å²) in [7, 11) is 0. The first-order valence-electron chi connectivity index (χ1n) is 4.64. The summed E-state index contributed by atoms with van der Waals surface area (Å²) in [5.74, 6) is 0. The van der Waals surface area contributed by atoms with Crippen molar-refractivity contribution in [2.75, 3.05) is 6.61 Å². The number of halogens is 1. The zero-order chi connectivity index (χ0) is 10.8. The van der Waals surface area contributed by atoms with Crippen molar-refractivity contribution in [3.05, 3.63) is 34.3 Å². The fourth-order valence-corrected chi connectivity index (χ4v) is 1.78. The highest BCUT2D eigenvalue weighted by molar-refractivity contribution is 6.31. The van der Waals surface area contributed by atoms with E-state index in [-0.39, 0.29) is 6.61 Å². The Morgan fingerprint density at radius 3 is 2.71 bits per heavy atom. The van der Waals surface area contributed by atoms with Crippen molar-refractivity contribution < 1.29 is 5.11 Å². The Hall–Kier alpha value is -0.570. The quantitative estimate of drug-likeness (QED) is 0.809. The van der Waals surface area contributed by atoms with Crippen LogP contribution in [0.3, 0.4) is 0 Å². The van der Waals surface area contributed by atoms with E-state index >= 15 is 0 Å². The monoisotopic (exact) mass is 213 g/mol. The number of aliphatic hydroxyl groups excluding tert-OH is 1. The second-order valence-electron chi connectivity index (χ2n) is 3.87. The van der Waals surface area contributed by atoms with E-state index in [9.17, 15) is 0 Å². The third kappa shape index (κ3) is 2.47. The predicted octanol–water partition coefficient (Wildman–Crippen LogP) is 2.20. The highest BCUT2D eigenvalue weighted by atomic mass is 35.5. The minimum absolute atomic E-state index is 0.0667. The van der Waals surface area contributed by atoms with Crippen LogP contribution < -0.4 is 5.73 Å². The van der Waals surface area contributed by atoms with Gasteiger partial charge in [0.1, 0.15) is 0 Å². The van der Waals surface area contributed by atoms with Crippen molar-refractivity contribution in [3.8, 4) is 0 Å². The molecule has 14 heavy (non-hydrogen) atoms. The molecule has 0 amide bonds. The maximum absolute atomic E-state index is 8.90. The normalized spacial score (nSPS) is 15.2. The molecular formula is C11H16ClNO. The Bertz CT molecular complexity index is 323. The van der Waals surface area contributed by atoms with Crippen LogP contribution in [0, 0.1) is 6.92 Å². The van der Waals surface area contributed by atoms with Gasteiger partial charge in [-0.15, -0.1) is 0 Å². The van der Waals surface area contributed by atoms with E-state index in [0.29, 0.717) is 11.4 Å². The highest BCUT2D eigenvalue weighted by Crippen LogP contribution is 2.29. The number of hydrogen-bond acceptors (Lipinski definition) is 2. The van der Waals surface area contributed by atoms with Gasteiger partial charge in [0, 0.05) is 17.2 Å². The predicted molar refractivity (Wildman–Crippen MR) is 59.4 cm³/mol. The Labute approximate surface area is 89.7 Å². The molecule has 0 saturated carbocycles. The van der Waals surface area contributed by atoms with Crippen LogP contribution in [0.4, 0.5) is 0 Å². The van der Waals surface area contributed by atoms with Crippen LogP contribution in [0.15, 0.2) is 18.2 Å². The standard InChI is InChI=1S/C11H16ClNO/c1-8-3-4-10(12)9(7-8)11(2,13)5-6-14/h3-4,7,14H,5-6,13H2,1-2H3/t11-/m1/s1. The van der Waals surface area contributed by atoms with Gasteiger partial charge in [0.05, 0.1) is 0 Å². The van der Waals surface area contributed by atoms with Gasteiger partial charge < -0.3 is 10.8 Å². The van der Waals surface area contributed by atoms with Crippen molar-refractivity contribution in [2.24, 2.45) is 5.73 Å². The summed E-state index contributed by atoms with van der Waals surface area (Å²) >= 11 is 6.05. The third-order valence-corrected chi connectivity index (χ3v) is 2.70. The molecule has 0 fully saturated rings. The summed E-state index contributed by atoms with van der Waals surface area (Å²) in [4.78, 5) is 0. The van der Waals surface area contributed by atoms with Crippen LogP contribution >= 0.6 is 11.6 Å². The van der Waals surface area contributed by atoms with E-state index in [4.69, 9.17) is 22.4 Å². The topological polar surface area (TPSA) is 46.2 Å². The van der Waals surface area contributed by atoms with Gasteiger partial charge in [0.15, 0.2) is 0 Å². The van der Waals surface area contributed by atoms with Gasteiger partial charge in [-0.1, -0.05) is 29.3 Å². The fraction of sp³-hybridized carbons (Fsp3) is 0.455. The maximum Gasteiger partial charge on any atom is 0.0456 e. The smallest absolute Gasteiger partial charge is 0.0456 e. The molecule has 0 aliphatic rings. The molecule has 0 spiro atoms. The molecule has 2 nitrogen and oxygen atoms in total. The van der Waals surface area contributed by atoms with E-state index in [1.54, 1.807) is 0 Å². The number of rotatable bonds is 3. The molecular weight excluding hydrogens is 198 g/mol. The number of benzene rings is 1. The summed E-state index contributed by atoms with van der Waals surface area (Å²) in [6.07, 6.45) is 0.510. The van der Waals surface area contributed by atoms with Crippen LogP contribution in [0.25, 0.3) is 0 Å². The minimum Gasteiger partial charge on any atom is -0.396 e. The fourth-order valence-electron chi connectivity index (χ4n) is 1.44. The zero-order valence-corrected chi connectivity index (χ0v) is 9.30. The Balaban J connectivity index is 3.10. The van der Waals surface area contributed by atoms with Gasteiger partial charge in [-0.25, -0.2) is 0 Å². The number of nitrogens with two attached hydrogens (primary N) is 1. The van der Waals surface area contributed by atoms with E-state index in [1.807, 2.05) is 32.0 Å². The van der Waals surface area contributed by atoms with Crippen molar-refractivity contribution in [3.63, 3.8) is 0 Å². The van der Waals surface area contributed by atoms with Crippen LogP contribution in [0.1, 0.15) is 24.5 Å². The first-order chi connectivity index (χ1) is 6.47. The Kier molecular flexibility index (Phi) is 3.53. The molecule has 0 aliphatic heterocycles. The third-order valence-electron chi connectivity index (χ3n) is 2.37. The molecule has 0 saturated heterocycles. The molecule has 0 heterocycles. The molecule has 1 aromatic carbocycles. The van der Waals surface area contributed by atoms with E-state index < -0.39 is 5.54 Å². The summed E-state index contributed by atoms with van der Waals surface area (Å²) in [5, 5.41) is 9.56. The lowest BCUT2D eigenvalue weighted by molar-refractivity contribution is 0.247. The molecule has 1 aromatic rings. The second kappa shape index (κ2) is 4.30. The van der Waals surface area contributed by atoms with Crippen molar-refractivity contribution in [1.29, 1.82) is 0 Å². The first-order valence-corrected chi connectivity index (χ1v) is 5.01. The summed E-state index contributed by atoms with van der Waals surface area (Å²) in [6.45, 7) is 3.94. The molecule has 0 aromatic heterocycles. The first kappa shape index (κ1) is 11.5. The van der Waals surface area contributed by atoms with Crippen LogP contribution in [0.5, 0.6) is 0 Å². The van der Waals surface area contributed by atoms with Gasteiger partial charge in [0.25, 0.3) is 0 Å². The molecule has 3 N–H and O–H groups in total. The summed E-state index contributed by atoms with van der Waals surface area (Å²) in [5.41, 5.74) is 7.54. The van der Waals surface area contributed by atoms with Gasteiger partial charge in [-0.3, -0.25) is 0 Å². The molecule has 1 atom stereocenters. The molecule has 1 rings (SSSR count). The lowest BCUT2D eigenvalue weighted by atomic mass is 9.89. The largest absolute Gasteiger partial charge is 0.396 e. The molecule has 3 heteroatoms. The van der Waals surface area contributed by atoms with Crippen molar-refractivity contribution in [2.45, 2.75) is 25.8 Å². The van der Waals surface area contributed by atoms with Gasteiger partial charge >= 0.3 is 0 Å². The van der Waals surface area contributed by atoms with Gasteiger partial charge in [-0.2, -0.15) is 0 Å². The van der Waals surface area contributed by atoms with E-state index in [0.717, 1.165) is 11.1 Å². The number of aliphatic hydroxyl groups is 1. The Morgan fingerprint density at radius 2 is 2.14 bits per heavy atom. The van der Waals surface area contributed by atoms with Crippen molar-refractivity contribution >= 4 is 11.6 Å². The number of aryl methyl sites for hydroxylation is 1. The van der Waals surface area contributed by atoms with Crippen molar-refractivity contribution in [1.82, 2.24) is 0 Å². The SMILES string of the molecule is Cc1ccc(Cl)c([C@](C)(N)CCO)c1. The molecule has 78 valence electrons. The second-order valence-corrected chi connectivity index (χ2v) is 4.28. The lowest BCUT2D eigenvalue weighted by Gasteiger charge is -2.25. The lowest BCUT2D eigenvalue weighted by Crippen LogP contribution is -2.34. The zero-order valence-electron chi connectivity index (χ0n) is 8.55. The average Bonchev–Trinajstić information content (AvgIpc) is 2.09. The Morgan fingerprint density at radius 1 is 1.50 bits per heavy atom. The molecule has 0 bridgehead atoms. The van der Waals surface area contributed by atoms with Gasteiger partial charge in [0.2, 0.25) is 0 Å². The van der Waals surface area contributed by atoms with Crippen LogP contribution in [0.2, 0.25) is 5.02 Å². The molecule has 0 unspecified atom stereocenters. The van der Waals surface area contributed by atoms with Crippen LogP contribution in [-0.2, 0) is 5.54 Å². The molecule has 0 aliphatic carbocycles. The summed E-state index contributed by atoms with van der Waals surface area (Å²) < 4.78 is 0. The highest BCUT2D eigenvalue weighted by Gasteiger charge is 2.23. The maximum atomic E-state index is 8.90. The average molecular weight is 214 g/mol. The van der Waals surface area contributed by atoms with E-state index in [1.165, 1.54) is 0 Å². The molecule has 0 radical (unpaired) electrons. The number of hydrogen-bond donors (Lipinski definition) is 2. The van der Waals surface area contributed by atoms with Gasteiger partial charge in [-0.05, 0) is 31.9 Å². The summed E-state index contributed by atoms with van der Waals surface area (Å²) in [6, 6.07) is 5.76.